The molecule has 21 N–H and O–H groups in total. The van der Waals surface area contributed by atoms with Crippen LogP contribution in [-0.2, 0) is 67.1 Å². The lowest BCUT2D eigenvalue weighted by atomic mass is 9.96. The fourth-order valence-electron chi connectivity index (χ4n) is 7.85. The lowest BCUT2D eigenvalue weighted by Crippen LogP contribution is -2.61. The molecule has 33 nitrogen and oxygen atoms in total. The number of hydrogen-bond donors (Lipinski definition) is 18. The molecule has 0 aliphatic heterocycles. The van der Waals surface area contributed by atoms with E-state index in [9.17, 15) is 72.2 Å². The summed E-state index contributed by atoms with van der Waals surface area (Å²) in [6.45, 7) is 15.7. The van der Waals surface area contributed by atoms with Crippen LogP contribution in [-0.4, -0.2) is 199 Å². The van der Waals surface area contributed by atoms with E-state index in [-0.39, 0.29) is 31.8 Å². The first-order chi connectivity index (χ1) is 40.1. The highest BCUT2D eigenvalue weighted by atomic mass is 16.4. The van der Waals surface area contributed by atoms with Crippen molar-refractivity contribution in [3.05, 3.63) is 0 Å². The number of carbonyl (C=O) groups is 14. The summed E-state index contributed by atoms with van der Waals surface area (Å²) in [5.74, 6) is -14.1. The number of nitrogens with one attached hydrogen (secondary N) is 13. The minimum absolute atomic E-state index is 0.0279. The molecule has 0 aromatic rings. The first kappa shape index (κ1) is 77.8. The Labute approximate surface area is 501 Å². The van der Waals surface area contributed by atoms with Gasteiger partial charge in [0.1, 0.15) is 67.0 Å². The largest absolute Gasteiger partial charge is 0.480 e. The Hall–Kier alpha value is -8.23. The Kier molecular flexibility index (Phi) is 36.3. The van der Waals surface area contributed by atoms with Gasteiger partial charge in [-0.25, -0.2) is 0 Å². The number of aliphatic hydroxyl groups excluding tert-OH is 1. The van der Waals surface area contributed by atoms with E-state index in [0.717, 1.165) is 0 Å². The Bertz CT molecular complexity index is 2370. The van der Waals surface area contributed by atoms with E-state index in [2.05, 4.69) is 68.8 Å². The fraction of sp³-hybridized carbons (Fsp3) is 0.717. The molecule has 0 fully saturated rings. The van der Waals surface area contributed by atoms with Gasteiger partial charge in [0.25, 0.3) is 0 Å². The van der Waals surface area contributed by atoms with Crippen LogP contribution < -0.4 is 86.3 Å². The molecule has 13 amide bonds. The van der Waals surface area contributed by atoms with Crippen LogP contribution in [0.5, 0.6) is 0 Å². The molecule has 0 bridgehead atoms. The molecule has 0 aliphatic rings. The molecule has 0 spiro atoms. The number of guanidine groups is 1. The Balaban J connectivity index is 5.95. The first-order valence-electron chi connectivity index (χ1n) is 28.5. The molecule has 11 atom stereocenters. The van der Waals surface area contributed by atoms with E-state index in [0.29, 0.717) is 25.8 Å². The van der Waals surface area contributed by atoms with Gasteiger partial charge in [0.2, 0.25) is 76.8 Å². The highest BCUT2D eigenvalue weighted by Gasteiger charge is 2.36. The van der Waals surface area contributed by atoms with E-state index >= 15 is 0 Å². The summed E-state index contributed by atoms with van der Waals surface area (Å²) < 4.78 is 0. The van der Waals surface area contributed by atoms with Crippen molar-refractivity contribution < 1.29 is 77.3 Å². The average molecular weight is 1230 g/mol. The van der Waals surface area contributed by atoms with Crippen LogP contribution in [0.2, 0.25) is 0 Å². The first-order valence-corrected chi connectivity index (χ1v) is 28.5. The number of carboxylic acids is 1. The summed E-state index contributed by atoms with van der Waals surface area (Å²) in [6.07, 6.45) is 1.58. The molecule has 0 saturated carbocycles. The molecule has 0 rings (SSSR count). The molecule has 0 unspecified atom stereocenters. The lowest BCUT2D eigenvalue weighted by molar-refractivity contribution is -0.139. The van der Waals surface area contributed by atoms with Gasteiger partial charge in [0.05, 0.1) is 19.7 Å². The second kappa shape index (κ2) is 40.2. The number of unbranched alkanes of at least 4 members (excludes halogenated alkanes) is 1. The minimum atomic E-state index is -1.53. The third kappa shape index (κ3) is 30.0. The number of aliphatic carboxylic acids is 1. The Morgan fingerprint density at radius 3 is 1.35 bits per heavy atom. The average Bonchev–Trinajstić information content (AvgIpc) is 3.62. The topological polar surface area (TPSA) is 526 Å². The second-order valence-electron chi connectivity index (χ2n) is 21.7. The lowest BCUT2D eigenvalue weighted by Gasteiger charge is -2.30. The minimum Gasteiger partial charge on any atom is -0.480 e. The highest BCUT2D eigenvalue weighted by Crippen LogP contribution is 2.13. The molecule has 33 heteroatoms. The summed E-state index contributed by atoms with van der Waals surface area (Å²) in [6, 6.07) is -12.6. The standard InChI is InChI=1S/C53H95N17O16/c1-13-28(8)42(52(86)69-39(25(2)3)49(83)59-21-36(73)62-29(9)43(77)58-22-37(74)67-40(26(4)5)51(85)66-35(24-71)46(80)60-23-38(75)76)70-45(79)31(11)63-50(84)41(27(6)7)68-48(82)34(18-16-20-57-53(55)56)65-47(81)33(17-14-15-19-54)64-44(78)30(10)61-32(12)72/h25-31,33-35,39-42,71H,13-24,54H2,1-12H3,(H,58,77)(H,59,83)(H,60,80)(H,61,72)(H,62,73)(H,63,84)(H,64,78)(H,65,81)(H,66,85)(H,67,74)(H,68,82)(H,69,86)(H,70,79)(H,75,76)(H4,55,56,57)/t28-,29-,30-,31-,33-,34-,35-,39-,40-,41-,42-/m0/s1. The number of rotatable bonds is 40. The van der Waals surface area contributed by atoms with Crippen molar-refractivity contribution >= 4 is 88.7 Å². The van der Waals surface area contributed by atoms with Crippen LogP contribution in [0.15, 0.2) is 4.99 Å². The number of aliphatic imine (C=N–C) groups is 1. The van der Waals surface area contributed by atoms with Crippen LogP contribution in [0, 0.1) is 23.7 Å². The number of carbonyl (C=O) groups excluding carboxylic acids is 13. The zero-order chi connectivity index (χ0) is 66.1. The van der Waals surface area contributed by atoms with Gasteiger partial charge in [-0.1, -0.05) is 61.8 Å². The second-order valence-corrected chi connectivity index (χ2v) is 21.7. The summed E-state index contributed by atoms with van der Waals surface area (Å²) in [5.41, 5.74) is 16.6. The fourth-order valence-corrected chi connectivity index (χ4v) is 7.85. The van der Waals surface area contributed by atoms with Gasteiger partial charge in [-0.2, -0.15) is 0 Å². The van der Waals surface area contributed by atoms with Crippen molar-refractivity contribution in [2.24, 2.45) is 45.9 Å². The monoisotopic (exact) mass is 1230 g/mol. The third-order valence-corrected chi connectivity index (χ3v) is 13.1. The van der Waals surface area contributed by atoms with Gasteiger partial charge in [-0.05, 0) is 83.1 Å². The molecule has 0 radical (unpaired) electrons. The van der Waals surface area contributed by atoms with E-state index in [1.54, 1.807) is 55.4 Å². The van der Waals surface area contributed by atoms with Crippen molar-refractivity contribution in [1.82, 2.24) is 69.1 Å². The van der Waals surface area contributed by atoms with E-state index in [4.69, 9.17) is 22.3 Å². The molecular formula is C53H95N17O16. The molecule has 488 valence electrons. The van der Waals surface area contributed by atoms with Crippen LogP contribution in [0.3, 0.4) is 0 Å². The van der Waals surface area contributed by atoms with Crippen LogP contribution in [0.4, 0.5) is 0 Å². The van der Waals surface area contributed by atoms with E-state index < -0.39 is 193 Å². The maximum Gasteiger partial charge on any atom is 0.322 e. The summed E-state index contributed by atoms with van der Waals surface area (Å²) >= 11 is 0. The summed E-state index contributed by atoms with van der Waals surface area (Å²) in [5, 5.41) is 50.3. The van der Waals surface area contributed by atoms with Crippen LogP contribution in [0.25, 0.3) is 0 Å². The van der Waals surface area contributed by atoms with Crippen LogP contribution >= 0.6 is 0 Å². The molecule has 0 saturated heterocycles. The van der Waals surface area contributed by atoms with Crippen molar-refractivity contribution in [2.45, 2.75) is 182 Å². The Morgan fingerprint density at radius 1 is 0.430 bits per heavy atom. The van der Waals surface area contributed by atoms with E-state index in [1.807, 2.05) is 5.32 Å². The quantitative estimate of drug-likeness (QED) is 0.0154. The van der Waals surface area contributed by atoms with Gasteiger partial charge < -0.3 is 96.5 Å². The summed E-state index contributed by atoms with van der Waals surface area (Å²) in [4.78, 5) is 186. The van der Waals surface area contributed by atoms with Crippen molar-refractivity contribution in [3.63, 3.8) is 0 Å². The number of carboxylic acid groups (broad SMARTS) is 1. The normalized spacial score (nSPS) is 14.8. The number of nitrogens with two attached hydrogens (primary N) is 3. The van der Waals surface area contributed by atoms with Crippen molar-refractivity contribution in [3.8, 4) is 0 Å². The predicted molar refractivity (Wildman–Crippen MR) is 313 cm³/mol. The van der Waals surface area contributed by atoms with Gasteiger partial charge in [0.15, 0.2) is 5.96 Å². The van der Waals surface area contributed by atoms with Gasteiger partial charge in [-0.15, -0.1) is 0 Å². The zero-order valence-electron chi connectivity index (χ0n) is 51.4. The molecular weight excluding hydrogens is 1130 g/mol. The molecule has 0 aliphatic carbocycles. The predicted octanol–water partition coefficient (Wildman–Crippen LogP) is -6.46. The van der Waals surface area contributed by atoms with Gasteiger partial charge >= 0.3 is 5.97 Å². The van der Waals surface area contributed by atoms with Crippen molar-refractivity contribution in [1.29, 1.82) is 0 Å². The molecule has 86 heavy (non-hydrogen) atoms. The van der Waals surface area contributed by atoms with Crippen LogP contribution in [0.1, 0.15) is 122 Å². The number of hydrogen-bond acceptors (Lipinski definition) is 17. The molecule has 0 aromatic carbocycles. The Morgan fingerprint density at radius 2 is 0.837 bits per heavy atom. The SMILES string of the molecule is CC[C@H](C)[C@H](NC(=O)[C@H](C)NC(=O)[C@@H](NC(=O)[C@H](CCCN=C(N)N)NC(=O)[C@H](CCCCN)NC(=O)[C@H](C)NC(C)=O)C(C)C)C(=O)N[C@H](C(=O)NCC(=O)N[C@@H](C)C(=O)NCC(=O)N[C@H](C(=O)N[C@@H](CO)C(=O)NCC(=O)O)C(C)C)C(C)C. The summed E-state index contributed by atoms with van der Waals surface area (Å²) in [7, 11) is 0. The highest BCUT2D eigenvalue weighted by molar-refractivity contribution is 5.99. The van der Waals surface area contributed by atoms with E-state index in [1.165, 1.54) is 27.7 Å². The van der Waals surface area contributed by atoms with Gasteiger partial charge in [-0.3, -0.25) is 72.1 Å². The number of nitrogens with zero attached hydrogens (tertiary/aromatic N) is 1. The van der Waals surface area contributed by atoms with Gasteiger partial charge in [0, 0.05) is 13.5 Å². The number of amides is 13. The maximum atomic E-state index is 14.0. The smallest absolute Gasteiger partial charge is 0.322 e. The third-order valence-electron chi connectivity index (χ3n) is 13.1. The molecule has 0 heterocycles. The molecule has 0 aromatic heterocycles. The maximum absolute atomic E-state index is 14.0. The number of aliphatic hydroxyl groups is 1. The van der Waals surface area contributed by atoms with Crippen molar-refractivity contribution in [2.75, 3.05) is 39.3 Å². The zero-order valence-corrected chi connectivity index (χ0v) is 51.4.